The van der Waals surface area contributed by atoms with E-state index in [9.17, 15) is 0 Å². The number of aromatic nitrogens is 2. The Bertz CT molecular complexity index is 402. The normalized spacial score (nSPS) is 17.7. The summed E-state index contributed by atoms with van der Waals surface area (Å²) in [5, 5.41) is 8.40. The summed E-state index contributed by atoms with van der Waals surface area (Å²) in [6.45, 7) is 7.67. The molecule has 1 saturated carbocycles. The van der Waals surface area contributed by atoms with Crippen molar-refractivity contribution in [1.29, 1.82) is 0 Å². The molecule has 21 heavy (non-hydrogen) atoms. The van der Waals surface area contributed by atoms with Crippen LogP contribution in [0, 0.1) is 5.92 Å². The van der Waals surface area contributed by atoms with Crippen LogP contribution in [0.15, 0.2) is 4.52 Å². The lowest BCUT2D eigenvalue weighted by atomic mass is 9.95. The second-order valence-electron chi connectivity index (χ2n) is 6.27. The topological polar surface area (TPSA) is 51.0 Å². The summed E-state index contributed by atoms with van der Waals surface area (Å²) >= 11 is 1.86. The van der Waals surface area contributed by atoms with E-state index in [-0.39, 0.29) is 0 Å². The van der Waals surface area contributed by atoms with Crippen LogP contribution >= 0.6 is 11.8 Å². The third-order valence-electron chi connectivity index (χ3n) is 4.08. The maximum atomic E-state index is 5.45. The van der Waals surface area contributed by atoms with Gasteiger partial charge in [-0.2, -0.15) is 16.7 Å². The van der Waals surface area contributed by atoms with Crippen LogP contribution in [0.3, 0.4) is 0 Å². The molecular formula is C16H29N3OS. The zero-order valence-electron chi connectivity index (χ0n) is 13.6. The van der Waals surface area contributed by atoms with E-state index < -0.39 is 0 Å². The lowest BCUT2D eigenvalue weighted by molar-refractivity contribution is 0.307. The van der Waals surface area contributed by atoms with Gasteiger partial charge in [-0.1, -0.05) is 38.8 Å². The van der Waals surface area contributed by atoms with Crippen molar-refractivity contribution in [3.8, 4) is 0 Å². The molecule has 1 aromatic rings. The lowest BCUT2D eigenvalue weighted by Crippen LogP contribution is -2.37. The summed E-state index contributed by atoms with van der Waals surface area (Å²) in [5.74, 6) is 3.26. The molecule has 0 amide bonds. The number of hydrogen-bond acceptors (Lipinski definition) is 5. The fourth-order valence-electron chi connectivity index (χ4n) is 2.96. The molecule has 5 heteroatoms. The fraction of sp³-hybridized carbons (Fsp3) is 0.875. The predicted octanol–water partition coefficient (Wildman–Crippen LogP) is 3.81. The van der Waals surface area contributed by atoms with Gasteiger partial charge >= 0.3 is 0 Å². The molecule has 0 bridgehead atoms. The minimum atomic E-state index is 0.499. The summed E-state index contributed by atoms with van der Waals surface area (Å²) < 4.78 is 5.45. The van der Waals surface area contributed by atoms with Gasteiger partial charge in [0.1, 0.15) is 0 Å². The highest BCUT2D eigenvalue weighted by atomic mass is 32.2. The second kappa shape index (κ2) is 8.79. The van der Waals surface area contributed by atoms with Crippen LogP contribution in [-0.4, -0.2) is 28.0 Å². The Labute approximate surface area is 132 Å². The Morgan fingerprint density at radius 3 is 2.76 bits per heavy atom. The summed E-state index contributed by atoms with van der Waals surface area (Å²) in [6.07, 6.45) is 7.47. The third-order valence-corrected chi connectivity index (χ3v) is 5.17. The van der Waals surface area contributed by atoms with Crippen LogP contribution < -0.4 is 5.32 Å². The average molecular weight is 311 g/mol. The third kappa shape index (κ3) is 5.62. The van der Waals surface area contributed by atoms with Crippen LogP contribution in [0.4, 0.5) is 0 Å². The zero-order chi connectivity index (χ0) is 15.1. The largest absolute Gasteiger partial charge is 0.339 e. The van der Waals surface area contributed by atoms with Crippen molar-refractivity contribution < 1.29 is 4.52 Å². The number of thioether (sulfide) groups is 1. The van der Waals surface area contributed by atoms with Crippen LogP contribution in [0.5, 0.6) is 0 Å². The standard InChI is InChI=1S/C16H29N3OS/c1-4-9-17-14(13-7-5-6-8-13)10-16-18-15(19-20-16)11-21-12(2)3/h12-14,17H,4-11H2,1-3H3. The van der Waals surface area contributed by atoms with Crippen LogP contribution in [0.2, 0.25) is 0 Å². The number of nitrogens with zero attached hydrogens (tertiary/aromatic N) is 2. The molecule has 0 radical (unpaired) electrons. The van der Waals surface area contributed by atoms with Crippen molar-refractivity contribution >= 4 is 11.8 Å². The van der Waals surface area contributed by atoms with Crippen molar-refractivity contribution in [2.45, 2.75) is 76.3 Å². The Morgan fingerprint density at radius 1 is 1.33 bits per heavy atom. The number of rotatable bonds is 9. The summed E-state index contributed by atoms with van der Waals surface area (Å²) in [6, 6.07) is 0.499. The van der Waals surface area contributed by atoms with E-state index in [1.165, 1.54) is 32.1 Å². The van der Waals surface area contributed by atoms with Gasteiger partial charge in [0, 0.05) is 12.5 Å². The number of nitrogens with one attached hydrogen (secondary N) is 1. The van der Waals surface area contributed by atoms with Crippen LogP contribution in [0.25, 0.3) is 0 Å². The first kappa shape index (κ1) is 16.8. The van der Waals surface area contributed by atoms with Gasteiger partial charge in [-0.25, -0.2) is 0 Å². The molecule has 2 rings (SSSR count). The highest BCUT2D eigenvalue weighted by molar-refractivity contribution is 7.99. The lowest BCUT2D eigenvalue weighted by Gasteiger charge is -2.23. The molecule has 1 unspecified atom stereocenters. The Hall–Kier alpha value is -0.550. The predicted molar refractivity (Wildman–Crippen MR) is 88.5 cm³/mol. The highest BCUT2D eigenvalue weighted by Crippen LogP contribution is 2.29. The molecule has 4 nitrogen and oxygen atoms in total. The van der Waals surface area contributed by atoms with Crippen LogP contribution in [0.1, 0.15) is 64.6 Å². The smallest absolute Gasteiger partial charge is 0.228 e. The zero-order valence-corrected chi connectivity index (χ0v) is 14.4. The van der Waals surface area contributed by atoms with Gasteiger partial charge in [-0.05, 0) is 37.0 Å². The van der Waals surface area contributed by atoms with E-state index in [0.29, 0.717) is 11.3 Å². The Balaban J connectivity index is 1.89. The molecule has 1 heterocycles. The monoisotopic (exact) mass is 311 g/mol. The highest BCUT2D eigenvalue weighted by Gasteiger charge is 2.26. The first-order valence-electron chi connectivity index (χ1n) is 8.35. The van der Waals surface area contributed by atoms with Gasteiger partial charge in [-0.15, -0.1) is 0 Å². The molecule has 1 fully saturated rings. The van der Waals surface area contributed by atoms with Gasteiger partial charge in [0.15, 0.2) is 5.82 Å². The molecule has 1 aliphatic rings. The Morgan fingerprint density at radius 2 is 2.10 bits per heavy atom. The summed E-state index contributed by atoms with van der Waals surface area (Å²) in [5.41, 5.74) is 0. The van der Waals surface area contributed by atoms with E-state index in [1.807, 2.05) is 11.8 Å². The van der Waals surface area contributed by atoms with E-state index in [2.05, 4.69) is 36.2 Å². The minimum absolute atomic E-state index is 0.499. The van der Waals surface area contributed by atoms with Gasteiger partial charge in [0.25, 0.3) is 0 Å². The van der Waals surface area contributed by atoms with Crippen molar-refractivity contribution in [2.24, 2.45) is 5.92 Å². The van der Waals surface area contributed by atoms with Crippen molar-refractivity contribution in [3.05, 3.63) is 11.7 Å². The second-order valence-corrected chi connectivity index (χ2v) is 7.84. The SMILES string of the molecule is CCCNC(Cc1nc(CSC(C)C)no1)C1CCCC1. The van der Waals surface area contributed by atoms with Gasteiger partial charge < -0.3 is 9.84 Å². The molecular weight excluding hydrogens is 282 g/mol. The molecule has 1 N–H and O–H groups in total. The first-order valence-corrected chi connectivity index (χ1v) is 9.40. The van der Waals surface area contributed by atoms with Gasteiger partial charge in [0.05, 0.1) is 5.75 Å². The van der Waals surface area contributed by atoms with Crippen LogP contribution in [-0.2, 0) is 12.2 Å². The van der Waals surface area contributed by atoms with E-state index in [1.54, 1.807) is 0 Å². The molecule has 1 atom stereocenters. The maximum absolute atomic E-state index is 5.45. The number of hydrogen-bond donors (Lipinski definition) is 1. The molecule has 1 aliphatic carbocycles. The first-order chi connectivity index (χ1) is 10.2. The fourth-order valence-corrected chi connectivity index (χ4v) is 3.56. The van der Waals surface area contributed by atoms with Crippen molar-refractivity contribution in [1.82, 2.24) is 15.5 Å². The van der Waals surface area contributed by atoms with E-state index in [4.69, 9.17) is 4.52 Å². The van der Waals surface area contributed by atoms with Gasteiger partial charge in [0.2, 0.25) is 5.89 Å². The quantitative estimate of drug-likeness (QED) is 0.751. The van der Waals surface area contributed by atoms with E-state index >= 15 is 0 Å². The molecule has 1 aromatic heterocycles. The molecule has 0 spiro atoms. The molecule has 120 valence electrons. The molecule has 0 saturated heterocycles. The minimum Gasteiger partial charge on any atom is -0.339 e. The van der Waals surface area contributed by atoms with E-state index in [0.717, 1.165) is 36.4 Å². The average Bonchev–Trinajstić information content (AvgIpc) is 3.12. The summed E-state index contributed by atoms with van der Waals surface area (Å²) in [7, 11) is 0. The Kier molecular flexibility index (Phi) is 7.04. The van der Waals surface area contributed by atoms with Crippen molar-refractivity contribution in [2.75, 3.05) is 6.54 Å². The van der Waals surface area contributed by atoms with Gasteiger partial charge in [-0.3, -0.25) is 0 Å². The maximum Gasteiger partial charge on any atom is 0.228 e. The molecule has 0 aliphatic heterocycles. The summed E-state index contributed by atoms with van der Waals surface area (Å²) in [4.78, 5) is 4.56. The van der Waals surface area contributed by atoms with Crippen molar-refractivity contribution in [3.63, 3.8) is 0 Å². The molecule has 0 aromatic carbocycles.